The Hall–Kier alpha value is -2.68. The number of rotatable bonds is 7. The standard InChI is InChI=1S/C16H20N6O4S/c1-25-14-5-11-12(6-15(14)26-2)20-21-13(7-17)16(11)22-8-10(9-22)3-4-19-27(18,23)24/h5-6,10,19H,3-4,8-9H2,1-2H3,(H2,18,23,24). The number of nitriles is 1. The molecule has 11 heteroatoms. The molecule has 144 valence electrons. The molecular weight excluding hydrogens is 372 g/mol. The Bertz CT molecular complexity index is 998. The number of hydrogen-bond donors (Lipinski definition) is 2. The zero-order valence-electron chi connectivity index (χ0n) is 15.0. The van der Waals surface area contributed by atoms with Gasteiger partial charge in [-0.05, 0) is 18.4 Å². The first-order valence-electron chi connectivity index (χ1n) is 8.21. The van der Waals surface area contributed by atoms with Crippen molar-refractivity contribution in [1.82, 2.24) is 14.9 Å². The Kier molecular flexibility index (Phi) is 5.31. The lowest BCUT2D eigenvalue weighted by atomic mass is 9.94. The highest BCUT2D eigenvalue weighted by Crippen LogP contribution is 2.39. The van der Waals surface area contributed by atoms with Gasteiger partial charge in [0.1, 0.15) is 6.07 Å². The van der Waals surface area contributed by atoms with Gasteiger partial charge in [0.05, 0.1) is 25.4 Å². The Morgan fingerprint density at radius 3 is 2.56 bits per heavy atom. The maximum absolute atomic E-state index is 10.9. The van der Waals surface area contributed by atoms with Crippen LogP contribution in [-0.4, -0.2) is 52.5 Å². The highest BCUT2D eigenvalue weighted by atomic mass is 32.2. The van der Waals surface area contributed by atoms with Crippen molar-refractivity contribution in [3.63, 3.8) is 0 Å². The molecule has 1 aromatic heterocycles. The molecule has 0 atom stereocenters. The normalized spacial score (nSPS) is 14.7. The largest absolute Gasteiger partial charge is 0.493 e. The van der Waals surface area contributed by atoms with Crippen molar-refractivity contribution < 1.29 is 17.9 Å². The lowest BCUT2D eigenvalue weighted by molar-refractivity contribution is 0.355. The molecule has 1 fully saturated rings. The lowest BCUT2D eigenvalue weighted by Crippen LogP contribution is -2.48. The summed E-state index contributed by atoms with van der Waals surface area (Å²) in [6.07, 6.45) is 0.655. The molecule has 1 aliphatic heterocycles. The number of ether oxygens (including phenoxy) is 2. The fourth-order valence-corrected chi connectivity index (χ4v) is 3.56. The maximum atomic E-state index is 10.9. The highest BCUT2D eigenvalue weighted by Gasteiger charge is 2.31. The summed E-state index contributed by atoms with van der Waals surface area (Å²) in [6, 6.07) is 5.59. The molecular formula is C16H20N6O4S. The molecule has 0 spiro atoms. The molecule has 0 amide bonds. The number of benzene rings is 1. The summed E-state index contributed by atoms with van der Waals surface area (Å²) in [4.78, 5) is 2.03. The van der Waals surface area contributed by atoms with E-state index < -0.39 is 10.2 Å². The second kappa shape index (κ2) is 7.51. The molecule has 0 saturated carbocycles. The van der Waals surface area contributed by atoms with Crippen molar-refractivity contribution in [3.05, 3.63) is 17.8 Å². The number of hydrogen-bond acceptors (Lipinski definition) is 8. The molecule has 1 aromatic carbocycles. The van der Waals surface area contributed by atoms with Gasteiger partial charge in [-0.25, -0.2) is 9.86 Å². The first-order valence-corrected chi connectivity index (χ1v) is 9.75. The van der Waals surface area contributed by atoms with Crippen LogP contribution in [0.15, 0.2) is 12.1 Å². The molecule has 0 unspecified atom stereocenters. The van der Waals surface area contributed by atoms with Crippen LogP contribution >= 0.6 is 0 Å². The SMILES string of the molecule is COc1cc2nnc(C#N)c(N3CC(CCNS(N)(=O)=O)C3)c2cc1OC. The minimum atomic E-state index is -3.67. The van der Waals surface area contributed by atoms with Crippen LogP contribution in [0.1, 0.15) is 12.1 Å². The number of anilines is 1. The third kappa shape index (κ3) is 4.02. The van der Waals surface area contributed by atoms with Gasteiger partial charge >= 0.3 is 0 Å². The van der Waals surface area contributed by atoms with E-state index >= 15 is 0 Å². The van der Waals surface area contributed by atoms with Crippen molar-refractivity contribution in [2.75, 3.05) is 38.8 Å². The van der Waals surface area contributed by atoms with E-state index in [-0.39, 0.29) is 18.2 Å². The van der Waals surface area contributed by atoms with Gasteiger partial charge in [0.15, 0.2) is 17.2 Å². The van der Waals surface area contributed by atoms with E-state index in [1.165, 1.54) is 7.11 Å². The summed E-state index contributed by atoms with van der Waals surface area (Å²) in [7, 11) is -0.592. The van der Waals surface area contributed by atoms with Crippen LogP contribution in [0.4, 0.5) is 5.69 Å². The zero-order valence-corrected chi connectivity index (χ0v) is 15.8. The lowest BCUT2D eigenvalue weighted by Gasteiger charge is -2.41. The van der Waals surface area contributed by atoms with Gasteiger partial charge in [-0.3, -0.25) is 0 Å². The van der Waals surface area contributed by atoms with Crippen molar-refractivity contribution in [1.29, 1.82) is 5.26 Å². The van der Waals surface area contributed by atoms with Crippen LogP contribution in [0.2, 0.25) is 0 Å². The van der Waals surface area contributed by atoms with Gasteiger partial charge in [-0.2, -0.15) is 13.7 Å². The Morgan fingerprint density at radius 1 is 1.30 bits per heavy atom. The molecule has 0 bridgehead atoms. The number of nitrogens with two attached hydrogens (primary N) is 1. The first kappa shape index (κ1) is 19.1. The molecule has 3 N–H and O–H groups in total. The van der Waals surface area contributed by atoms with Gasteiger partial charge in [-0.15, -0.1) is 10.2 Å². The fourth-order valence-electron chi connectivity index (χ4n) is 3.16. The number of aromatic nitrogens is 2. The van der Waals surface area contributed by atoms with E-state index in [9.17, 15) is 13.7 Å². The zero-order chi connectivity index (χ0) is 19.6. The van der Waals surface area contributed by atoms with Crippen LogP contribution in [-0.2, 0) is 10.2 Å². The second-order valence-electron chi connectivity index (χ2n) is 6.23. The van der Waals surface area contributed by atoms with Crippen LogP contribution in [0.5, 0.6) is 11.5 Å². The first-order chi connectivity index (χ1) is 12.9. The maximum Gasteiger partial charge on any atom is 0.274 e. The second-order valence-corrected chi connectivity index (χ2v) is 7.61. The molecule has 3 rings (SSSR count). The van der Waals surface area contributed by atoms with E-state index in [1.807, 2.05) is 4.90 Å². The smallest absolute Gasteiger partial charge is 0.274 e. The van der Waals surface area contributed by atoms with Crippen LogP contribution in [0.25, 0.3) is 10.9 Å². The topological polar surface area (TPSA) is 143 Å². The predicted octanol–water partition coefficient (Wildman–Crippen LogP) is 0.138. The number of nitrogens with zero attached hydrogens (tertiary/aromatic N) is 4. The van der Waals surface area contributed by atoms with Gasteiger partial charge < -0.3 is 14.4 Å². The van der Waals surface area contributed by atoms with Crippen molar-refractivity contribution in [2.24, 2.45) is 11.1 Å². The van der Waals surface area contributed by atoms with Crippen molar-refractivity contribution in [3.8, 4) is 17.6 Å². The number of methoxy groups -OCH3 is 2. The Balaban J connectivity index is 1.85. The fraction of sp³-hybridized carbons (Fsp3) is 0.438. The van der Waals surface area contributed by atoms with Gasteiger partial charge in [-0.1, -0.05) is 0 Å². The summed E-state index contributed by atoms with van der Waals surface area (Å²) >= 11 is 0. The van der Waals surface area contributed by atoms with Gasteiger partial charge in [0.2, 0.25) is 0 Å². The molecule has 0 radical (unpaired) electrons. The Morgan fingerprint density at radius 2 is 1.96 bits per heavy atom. The summed E-state index contributed by atoms with van der Waals surface area (Å²) in [5.41, 5.74) is 1.52. The molecule has 1 aliphatic rings. The third-order valence-corrected chi connectivity index (χ3v) is 5.08. The quantitative estimate of drug-likeness (QED) is 0.677. The van der Waals surface area contributed by atoms with Crippen LogP contribution in [0.3, 0.4) is 0 Å². The molecule has 27 heavy (non-hydrogen) atoms. The monoisotopic (exact) mass is 392 g/mol. The summed E-state index contributed by atoms with van der Waals surface area (Å²) in [5.74, 6) is 1.36. The molecule has 2 heterocycles. The summed E-state index contributed by atoms with van der Waals surface area (Å²) in [5, 5.41) is 23.3. The third-order valence-electron chi connectivity index (χ3n) is 4.47. The summed E-state index contributed by atoms with van der Waals surface area (Å²) < 4.78 is 34.8. The average Bonchev–Trinajstić information content (AvgIpc) is 2.60. The minimum absolute atomic E-state index is 0.232. The van der Waals surface area contributed by atoms with Crippen molar-refractivity contribution >= 4 is 26.8 Å². The van der Waals surface area contributed by atoms with Crippen LogP contribution in [0, 0.1) is 17.2 Å². The van der Waals surface area contributed by atoms with E-state index in [4.69, 9.17) is 14.6 Å². The number of fused-ring (bicyclic) bond motifs is 1. The van der Waals surface area contributed by atoms with Gasteiger partial charge in [0, 0.05) is 31.1 Å². The van der Waals surface area contributed by atoms with Gasteiger partial charge in [0.25, 0.3) is 10.2 Å². The molecule has 10 nitrogen and oxygen atoms in total. The van der Waals surface area contributed by atoms with E-state index in [2.05, 4.69) is 21.0 Å². The van der Waals surface area contributed by atoms with E-state index in [0.29, 0.717) is 42.2 Å². The average molecular weight is 392 g/mol. The molecule has 2 aromatic rings. The highest BCUT2D eigenvalue weighted by molar-refractivity contribution is 7.87. The predicted molar refractivity (Wildman–Crippen MR) is 98.8 cm³/mol. The molecule has 0 aliphatic carbocycles. The Labute approximate surface area is 157 Å². The minimum Gasteiger partial charge on any atom is -0.493 e. The van der Waals surface area contributed by atoms with Crippen molar-refractivity contribution in [2.45, 2.75) is 6.42 Å². The van der Waals surface area contributed by atoms with E-state index in [1.54, 1.807) is 19.2 Å². The number of nitrogens with one attached hydrogen (secondary N) is 1. The summed E-state index contributed by atoms with van der Waals surface area (Å²) in [6.45, 7) is 1.63. The van der Waals surface area contributed by atoms with Crippen LogP contribution < -0.4 is 24.2 Å². The van der Waals surface area contributed by atoms with E-state index in [0.717, 1.165) is 5.39 Å². The molecule has 1 saturated heterocycles.